The van der Waals surface area contributed by atoms with Crippen molar-refractivity contribution in [2.24, 2.45) is 0 Å². The zero-order valence-electron chi connectivity index (χ0n) is 11.2. The molecule has 1 aromatic heterocycles. The molecular formula is C15H14FNO3. The lowest BCUT2D eigenvalue weighted by molar-refractivity contribution is 0.0693. The second-order valence-electron chi connectivity index (χ2n) is 4.60. The molecule has 2 aromatic rings. The Morgan fingerprint density at radius 1 is 1.25 bits per heavy atom. The van der Waals surface area contributed by atoms with Crippen LogP contribution in [0.25, 0.3) is 0 Å². The molecule has 0 saturated carbocycles. The summed E-state index contributed by atoms with van der Waals surface area (Å²) >= 11 is 0. The van der Waals surface area contributed by atoms with Gasteiger partial charge in [-0.1, -0.05) is 12.1 Å². The second-order valence-corrected chi connectivity index (χ2v) is 4.60. The van der Waals surface area contributed by atoms with Gasteiger partial charge in [-0.15, -0.1) is 0 Å². The molecule has 1 N–H and O–H groups in total. The van der Waals surface area contributed by atoms with Crippen LogP contribution in [0.4, 0.5) is 4.39 Å². The summed E-state index contributed by atoms with van der Waals surface area (Å²) in [6.45, 7) is 3.76. The Morgan fingerprint density at radius 2 is 1.85 bits per heavy atom. The van der Waals surface area contributed by atoms with Crippen LogP contribution in [-0.4, -0.2) is 21.9 Å². The lowest BCUT2D eigenvalue weighted by atomic mass is 10.1. The van der Waals surface area contributed by atoms with Gasteiger partial charge in [0.1, 0.15) is 5.82 Å². The van der Waals surface area contributed by atoms with Gasteiger partial charge in [0, 0.05) is 23.5 Å². The number of rotatable bonds is 4. The van der Waals surface area contributed by atoms with Gasteiger partial charge in [-0.25, -0.2) is 9.18 Å². The van der Waals surface area contributed by atoms with Crippen molar-refractivity contribution in [1.82, 2.24) is 4.57 Å². The van der Waals surface area contributed by atoms with Crippen LogP contribution in [-0.2, 0) is 6.54 Å². The summed E-state index contributed by atoms with van der Waals surface area (Å²) in [5, 5.41) is 9.20. The minimum Gasteiger partial charge on any atom is -0.478 e. The minimum atomic E-state index is -1.12. The van der Waals surface area contributed by atoms with Gasteiger partial charge >= 0.3 is 5.97 Å². The molecule has 1 aromatic carbocycles. The highest BCUT2D eigenvalue weighted by Gasteiger charge is 2.22. The van der Waals surface area contributed by atoms with Crippen LogP contribution in [0.5, 0.6) is 0 Å². The summed E-state index contributed by atoms with van der Waals surface area (Å²) in [7, 11) is 0. The predicted octanol–water partition coefficient (Wildman–Crippen LogP) is 2.80. The Labute approximate surface area is 115 Å². The molecule has 0 fully saturated rings. The maximum absolute atomic E-state index is 12.9. The van der Waals surface area contributed by atoms with Crippen molar-refractivity contribution in [3.63, 3.8) is 0 Å². The average molecular weight is 275 g/mol. The predicted molar refractivity (Wildman–Crippen MR) is 71.8 cm³/mol. The standard InChI is InChI=1S/C15H14FNO3/c1-9-13(8-18)14(15(19)20)10(2)17(9)7-11-3-5-12(16)6-4-11/h3-6,8H,7H2,1-2H3,(H,19,20). The minimum absolute atomic E-state index is 0.0274. The lowest BCUT2D eigenvalue weighted by Gasteiger charge is -2.09. The SMILES string of the molecule is Cc1c(C=O)c(C(=O)O)c(C)n1Cc1ccc(F)cc1. The van der Waals surface area contributed by atoms with Crippen molar-refractivity contribution in [3.05, 3.63) is 58.2 Å². The van der Waals surface area contributed by atoms with Crippen LogP contribution in [0.2, 0.25) is 0 Å². The highest BCUT2D eigenvalue weighted by atomic mass is 19.1. The Hall–Kier alpha value is -2.43. The molecule has 5 heteroatoms. The summed E-state index contributed by atoms with van der Waals surface area (Å²) in [6, 6.07) is 5.97. The first kappa shape index (κ1) is 14.0. The number of benzene rings is 1. The Morgan fingerprint density at radius 3 is 2.30 bits per heavy atom. The zero-order valence-corrected chi connectivity index (χ0v) is 11.2. The number of aromatic nitrogens is 1. The average Bonchev–Trinajstić information content (AvgIpc) is 2.65. The number of carboxylic acids is 1. The van der Waals surface area contributed by atoms with Gasteiger partial charge in [0.25, 0.3) is 0 Å². The van der Waals surface area contributed by atoms with Gasteiger partial charge in [0.15, 0.2) is 6.29 Å². The van der Waals surface area contributed by atoms with Gasteiger partial charge in [0.05, 0.1) is 5.56 Å². The monoisotopic (exact) mass is 275 g/mol. The number of aldehydes is 1. The normalized spacial score (nSPS) is 10.6. The number of hydrogen-bond donors (Lipinski definition) is 1. The van der Waals surface area contributed by atoms with Gasteiger partial charge in [-0.3, -0.25) is 4.79 Å². The van der Waals surface area contributed by atoms with Crippen LogP contribution >= 0.6 is 0 Å². The van der Waals surface area contributed by atoms with E-state index in [-0.39, 0.29) is 16.9 Å². The van der Waals surface area contributed by atoms with Crippen LogP contribution in [0.1, 0.15) is 37.7 Å². The molecule has 0 unspecified atom stereocenters. The molecule has 1 heterocycles. The third-order valence-electron chi connectivity index (χ3n) is 3.42. The Bertz CT molecular complexity index is 671. The van der Waals surface area contributed by atoms with Crippen LogP contribution < -0.4 is 0 Å². The topological polar surface area (TPSA) is 59.3 Å². The fraction of sp³-hybridized carbons (Fsp3) is 0.200. The first-order chi connectivity index (χ1) is 9.45. The molecule has 0 aliphatic carbocycles. The molecule has 0 bridgehead atoms. The number of carbonyl (C=O) groups excluding carboxylic acids is 1. The van der Waals surface area contributed by atoms with E-state index in [1.165, 1.54) is 12.1 Å². The van der Waals surface area contributed by atoms with E-state index in [9.17, 15) is 19.1 Å². The Kier molecular flexibility index (Phi) is 3.70. The lowest BCUT2D eigenvalue weighted by Crippen LogP contribution is -2.05. The van der Waals surface area contributed by atoms with E-state index in [0.717, 1.165) is 5.56 Å². The second kappa shape index (κ2) is 5.28. The van der Waals surface area contributed by atoms with Crippen molar-refractivity contribution in [2.75, 3.05) is 0 Å². The number of carbonyl (C=O) groups is 2. The molecular weight excluding hydrogens is 261 g/mol. The van der Waals surface area contributed by atoms with Gasteiger partial charge < -0.3 is 9.67 Å². The number of nitrogens with zero attached hydrogens (tertiary/aromatic N) is 1. The van der Waals surface area contributed by atoms with E-state index < -0.39 is 5.97 Å². The maximum atomic E-state index is 12.9. The van der Waals surface area contributed by atoms with E-state index >= 15 is 0 Å². The van der Waals surface area contributed by atoms with Crippen molar-refractivity contribution < 1.29 is 19.1 Å². The number of aromatic carboxylic acids is 1. The van der Waals surface area contributed by atoms with Crippen molar-refractivity contribution in [2.45, 2.75) is 20.4 Å². The zero-order chi connectivity index (χ0) is 14.9. The molecule has 0 aliphatic rings. The summed E-state index contributed by atoms with van der Waals surface area (Å²) in [5.74, 6) is -1.44. The fourth-order valence-corrected chi connectivity index (χ4v) is 2.33. The van der Waals surface area contributed by atoms with E-state index in [2.05, 4.69) is 0 Å². The highest BCUT2D eigenvalue weighted by Crippen LogP contribution is 2.22. The highest BCUT2D eigenvalue weighted by molar-refractivity contribution is 5.99. The van der Waals surface area contributed by atoms with E-state index in [4.69, 9.17) is 0 Å². The number of hydrogen-bond acceptors (Lipinski definition) is 2. The van der Waals surface area contributed by atoms with Crippen LogP contribution in [0.15, 0.2) is 24.3 Å². The first-order valence-corrected chi connectivity index (χ1v) is 6.08. The van der Waals surface area contributed by atoms with Crippen molar-refractivity contribution >= 4 is 12.3 Å². The van der Waals surface area contributed by atoms with Gasteiger partial charge in [-0.05, 0) is 31.5 Å². The molecule has 0 saturated heterocycles. The number of halogens is 1. The molecule has 0 aliphatic heterocycles. The van der Waals surface area contributed by atoms with Gasteiger partial charge in [-0.2, -0.15) is 0 Å². The van der Waals surface area contributed by atoms with Crippen molar-refractivity contribution in [1.29, 1.82) is 0 Å². The smallest absolute Gasteiger partial charge is 0.338 e. The Balaban J connectivity index is 2.49. The first-order valence-electron chi connectivity index (χ1n) is 6.08. The van der Waals surface area contributed by atoms with E-state index in [1.54, 1.807) is 30.5 Å². The molecule has 0 spiro atoms. The van der Waals surface area contributed by atoms with Gasteiger partial charge in [0.2, 0.25) is 0 Å². The third-order valence-corrected chi connectivity index (χ3v) is 3.42. The number of carboxylic acid groups (broad SMARTS) is 1. The third kappa shape index (κ3) is 2.34. The summed E-state index contributed by atoms with van der Waals surface area (Å²) in [4.78, 5) is 22.3. The van der Waals surface area contributed by atoms with E-state index in [1.807, 2.05) is 0 Å². The summed E-state index contributed by atoms with van der Waals surface area (Å²) in [5.41, 5.74) is 2.17. The summed E-state index contributed by atoms with van der Waals surface area (Å²) in [6.07, 6.45) is 0.562. The quantitative estimate of drug-likeness (QED) is 0.873. The fourth-order valence-electron chi connectivity index (χ4n) is 2.33. The molecule has 0 radical (unpaired) electrons. The van der Waals surface area contributed by atoms with Crippen LogP contribution in [0, 0.1) is 19.7 Å². The largest absolute Gasteiger partial charge is 0.478 e. The molecule has 20 heavy (non-hydrogen) atoms. The molecule has 0 atom stereocenters. The van der Waals surface area contributed by atoms with E-state index in [0.29, 0.717) is 24.2 Å². The van der Waals surface area contributed by atoms with Crippen molar-refractivity contribution in [3.8, 4) is 0 Å². The molecule has 4 nitrogen and oxygen atoms in total. The van der Waals surface area contributed by atoms with Crippen LogP contribution in [0.3, 0.4) is 0 Å². The molecule has 2 rings (SSSR count). The maximum Gasteiger partial charge on any atom is 0.338 e. The summed E-state index contributed by atoms with van der Waals surface area (Å²) < 4.78 is 14.6. The molecule has 0 amide bonds. The molecule has 104 valence electrons.